The molecular weight excluding hydrogens is 362 g/mol. The van der Waals surface area contributed by atoms with Crippen LogP contribution >= 0.6 is 0 Å². The fourth-order valence-corrected chi connectivity index (χ4v) is 4.00. The second kappa shape index (κ2) is 7.81. The molecule has 2 aromatic rings. The van der Waals surface area contributed by atoms with Gasteiger partial charge >= 0.3 is 0 Å². The molecule has 0 aromatic carbocycles. The quantitative estimate of drug-likeness (QED) is 0.855. The monoisotopic (exact) mass is 387 g/mol. The van der Waals surface area contributed by atoms with Gasteiger partial charge in [-0.15, -0.1) is 0 Å². The molecule has 150 valence electrons. The lowest BCUT2D eigenvalue weighted by molar-refractivity contribution is -0.180. The second-order valence-electron chi connectivity index (χ2n) is 7.55. The maximum absolute atomic E-state index is 12.6. The lowest BCUT2D eigenvalue weighted by atomic mass is 9.88. The summed E-state index contributed by atoms with van der Waals surface area (Å²) in [4.78, 5) is 29.0. The zero-order chi connectivity index (χ0) is 19.6. The molecule has 0 bridgehead atoms. The summed E-state index contributed by atoms with van der Waals surface area (Å²) in [5.41, 5.74) is -0.417. The van der Waals surface area contributed by atoms with Crippen LogP contribution in [0.5, 0.6) is 0 Å². The lowest BCUT2D eigenvalue weighted by Gasteiger charge is -2.48. The Morgan fingerprint density at radius 2 is 1.93 bits per heavy atom. The summed E-state index contributed by atoms with van der Waals surface area (Å²) in [6, 6.07) is 7.00. The van der Waals surface area contributed by atoms with Gasteiger partial charge in [-0.1, -0.05) is 0 Å². The number of furan rings is 2. The van der Waals surface area contributed by atoms with E-state index in [0.717, 1.165) is 6.54 Å². The minimum absolute atomic E-state index is 0.100. The van der Waals surface area contributed by atoms with Gasteiger partial charge in [0.15, 0.2) is 5.76 Å². The van der Waals surface area contributed by atoms with E-state index in [4.69, 9.17) is 13.6 Å². The number of likely N-dealkylation sites (tertiary alicyclic amines) is 1. The van der Waals surface area contributed by atoms with Gasteiger partial charge in [-0.25, -0.2) is 0 Å². The van der Waals surface area contributed by atoms with E-state index in [1.807, 2.05) is 13.1 Å². The van der Waals surface area contributed by atoms with E-state index in [9.17, 15) is 9.59 Å². The van der Waals surface area contributed by atoms with Crippen molar-refractivity contribution >= 4 is 11.8 Å². The molecule has 8 heteroatoms. The predicted octanol–water partition coefficient (Wildman–Crippen LogP) is 1.49. The van der Waals surface area contributed by atoms with E-state index in [0.29, 0.717) is 50.5 Å². The van der Waals surface area contributed by atoms with Gasteiger partial charge in [0.2, 0.25) is 0 Å². The van der Waals surface area contributed by atoms with Crippen LogP contribution < -0.4 is 5.32 Å². The number of nitrogens with zero attached hydrogens (tertiary/aromatic N) is 2. The van der Waals surface area contributed by atoms with Crippen LogP contribution in [0.3, 0.4) is 0 Å². The molecule has 1 atom stereocenters. The van der Waals surface area contributed by atoms with Crippen molar-refractivity contribution in [2.45, 2.75) is 31.1 Å². The van der Waals surface area contributed by atoms with Gasteiger partial charge in [0.25, 0.3) is 11.8 Å². The Morgan fingerprint density at radius 3 is 2.61 bits per heavy atom. The van der Waals surface area contributed by atoms with E-state index >= 15 is 0 Å². The molecule has 2 aromatic heterocycles. The highest BCUT2D eigenvalue weighted by Gasteiger charge is 2.44. The number of rotatable bonds is 4. The molecular formula is C20H25N3O5. The highest BCUT2D eigenvalue weighted by atomic mass is 16.5. The van der Waals surface area contributed by atoms with E-state index in [-0.39, 0.29) is 11.8 Å². The lowest BCUT2D eigenvalue weighted by Crippen LogP contribution is -2.61. The first-order valence-electron chi connectivity index (χ1n) is 9.54. The third-order valence-corrected chi connectivity index (χ3v) is 5.43. The van der Waals surface area contributed by atoms with Gasteiger partial charge in [0.1, 0.15) is 11.9 Å². The molecule has 1 unspecified atom stereocenters. The topological polar surface area (TPSA) is 88.2 Å². The Kier molecular flexibility index (Phi) is 5.23. The van der Waals surface area contributed by atoms with Crippen molar-refractivity contribution in [1.29, 1.82) is 0 Å². The molecule has 1 N–H and O–H groups in total. The molecule has 2 fully saturated rings. The summed E-state index contributed by atoms with van der Waals surface area (Å²) in [5, 5.41) is 2.88. The third kappa shape index (κ3) is 3.98. The first-order valence-corrected chi connectivity index (χ1v) is 9.54. The minimum Gasteiger partial charge on any atom is -0.467 e. The first kappa shape index (κ1) is 18.8. The Hall–Kier alpha value is -2.58. The van der Waals surface area contributed by atoms with Crippen LogP contribution in [0, 0.1) is 0 Å². The van der Waals surface area contributed by atoms with Gasteiger partial charge in [-0.3, -0.25) is 9.59 Å². The zero-order valence-electron chi connectivity index (χ0n) is 15.9. The molecule has 0 radical (unpaired) electrons. The van der Waals surface area contributed by atoms with Crippen molar-refractivity contribution in [2.75, 3.05) is 33.2 Å². The van der Waals surface area contributed by atoms with Crippen LogP contribution in [0.15, 0.2) is 45.6 Å². The number of ether oxygens (including phenoxy) is 1. The van der Waals surface area contributed by atoms with Crippen molar-refractivity contribution in [1.82, 2.24) is 15.1 Å². The molecule has 4 rings (SSSR count). The smallest absolute Gasteiger partial charge is 0.289 e. The minimum atomic E-state index is -0.541. The standard InChI is InChI=1S/C20H25N3O5/c1-22-13-17(18(24)21-12-15-4-2-10-26-15)28-20(14-22)6-8-23(9-7-20)19(25)16-5-3-11-27-16/h2-5,10-11,17H,6-9,12-14H2,1H3,(H,21,24). The van der Waals surface area contributed by atoms with Crippen molar-refractivity contribution in [3.8, 4) is 0 Å². The van der Waals surface area contributed by atoms with Gasteiger partial charge in [0, 0.05) is 26.2 Å². The number of piperidine rings is 1. The molecule has 2 amide bonds. The van der Waals surface area contributed by atoms with Crippen LogP contribution in [0.1, 0.15) is 29.2 Å². The number of nitrogens with one attached hydrogen (secondary N) is 1. The van der Waals surface area contributed by atoms with Gasteiger partial charge < -0.3 is 28.7 Å². The third-order valence-electron chi connectivity index (χ3n) is 5.43. The molecule has 2 aliphatic rings. The van der Waals surface area contributed by atoms with Crippen molar-refractivity contribution in [3.63, 3.8) is 0 Å². The van der Waals surface area contributed by atoms with E-state index in [1.165, 1.54) is 6.26 Å². The number of amides is 2. The van der Waals surface area contributed by atoms with Crippen LogP contribution in [-0.4, -0.2) is 66.5 Å². The predicted molar refractivity (Wildman–Crippen MR) is 99.5 cm³/mol. The van der Waals surface area contributed by atoms with E-state index in [2.05, 4.69) is 10.2 Å². The van der Waals surface area contributed by atoms with Gasteiger partial charge in [-0.2, -0.15) is 0 Å². The Balaban J connectivity index is 1.35. The highest BCUT2D eigenvalue weighted by Crippen LogP contribution is 2.32. The fourth-order valence-electron chi connectivity index (χ4n) is 4.00. The largest absolute Gasteiger partial charge is 0.467 e. The summed E-state index contributed by atoms with van der Waals surface area (Å²) >= 11 is 0. The fraction of sp³-hybridized carbons (Fsp3) is 0.500. The molecule has 1 spiro atoms. The molecule has 0 saturated carbocycles. The van der Waals surface area contributed by atoms with Crippen LogP contribution in [-0.2, 0) is 16.1 Å². The highest BCUT2D eigenvalue weighted by molar-refractivity contribution is 5.91. The zero-order valence-corrected chi connectivity index (χ0v) is 15.9. The van der Waals surface area contributed by atoms with Crippen molar-refractivity contribution in [3.05, 3.63) is 48.3 Å². The summed E-state index contributed by atoms with van der Waals surface area (Å²) in [5.74, 6) is 0.818. The van der Waals surface area contributed by atoms with Crippen LogP contribution in [0.2, 0.25) is 0 Å². The van der Waals surface area contributed by atoms with E-state index in [1.54, 1.807) is 29.4 Å². The van der Waals surface area contributed by atoms with E-state index < -0.39 is 11.7 Å². The van der Waals surface area contributed by atoms with Crippen LogP contribution in [0.4, 0.5) is 0 Å². The average molecular weight is 387 g/mol. The Bertz CT molecular complexity index is 794. The molecule has 28 heavy (non-hydrogen) atoms. The van der Waals surface area contributed by atoms with Crippen molar-refractivity contribution in [2.24, 2.45) is 0 Å². The number of carbonyl (C=O) groups excluding carboxylic acids is 2. The molecule has 8 nitrogen and oxygen atoms in total. The molecule has 4 heterocycles. The number of carbonyl (C=O) groups is 2. The maximum Gasteiger partial charge on any atom is 0.289 e. The summed E-state index contributed by atoms with van der Waals surface area (Å²) in [6.45, 7) is 2.79. The Morgan fingerprint density at radius 1 is 1.18 bits per heavy atom. The second-order valence-corrected chi connectivity index (χ2v) is 7.55. The number of morpholine rings is 1. The SMILES string of the molecule is CN1CC(C(=O)NCc2ccco2)OC2(CCN(C(=O)c3ccco3)CC2)C1. The van der Waals surface area contributed by atoms with Crippen LogP contribution in [0.25, 0.3) is 0 Å². The maximum atomic E-state index is 12.6. The molecule has 0 aliphatic carbocycles. The average Bonchev–Trinajstić information content (AvgIpc) is 3.39. The Labute approximate surface area is 163 Å². The van der Waals surface area contributed by atoms with Crippen molar-refractivity contribution < 1.29 is 23.2 Å². The van der Waals surface area contributed by atoms with Gasteiger partial charge in [0.05, 0.1) is 24.7 Å². The number of likely N-dealkylation sites (N-methyl/N-ethyl adjacent to an activating group) is 1. The number of hydrogen-bond acceptors (Lipinski definition) is 6. The first-order chi connectivity index (χ1) is 13.5. The summed E-state index contributed by atoms with van der Waals surface area (Å²) in [6.07, 6.45) is 3.92. The summed E-state index contributed by atoms with van der Waals surface area (Å²) < 4.78 is 16.8. The normalized spacial score (nSPS) is 22.3. The van der Waals surface area contributed by atoms with Gasteiger partial charge in [-0.05, 0) is 44.2 Å². The molecule has 2 saturated heterocycles. The molecule has 2 aliphatic heterocycles. The summed E-state index contributed by atoms with van der Waals surface area (Å²) in [7, 11) is 2.00. The number of hydrogen-bond donors (Lipinski definition) is 1.